The molecule has 0 bridgehead atoms. The molecule has 0 aliphatic rings. The molecule has 0 atom stereocenters. The van der Waals surface area contributed by atoms with Gasteiger partial charge in [0.2, 0.25) is 0 Å². The summed E-state index contributed by atoms with van der Waals surface area (Å²) in [5.74, 6) is -0.708. The Bertz CT molecular complexity index is 876. The first-order chi connectivity index (χ1) is 8.60. The van der Waals surface area contributed by atoms with Crippen LogP contribution in [-0.2, 0) is 20.2 Å². The van der Waals surface area contributed by atoms with Gasteiger partial charge >= 0.3 is 59.1 Å². The summed E-state index contributed by atoms with van der Waals surface area (Å²) in [6, 6.07) is 4.96. The van der Waals surface area contributed by atoms with E-state index >= 15 is 0 Å². The van der Waals surface area contributed by atoms with E-state index in [1.54, 1.807) is 0 Å². The molecule has 0 heterocycles. The minimum atomic E-state index is -4.92. The number of rotatable bonds is 2. The molecule has 11 heteroatoms. The van der Waals surface area contributed by atoms with Crippen LogP contribution in [0.15, 0.2) is 40.1 Å². The van der Waals surface area contributed by atoms with Crippen LogP contribution in [0.1, 0.15) is 0 Å². The Morgan fingerprint density at radius 3 is 2.05 bits per heavy atom. The summed E-state index contributed by atoms with van der Waals surface area (Å²) < 4.78 is 64.2. The molecule has 0 unspecified atom stereocenters. The third-order valence-electron chi connectivity index (χ3n) is 2.44. The van der Waals surface area contributed by atoms with Crippen molar-refractivity contribution in [1.82, 2.24) is 0 Å². The molecule has 0 fully saturated rings. The van der Waals surface area contributed by atoms with E-state index in [0.717, 1.165) is 12.1 Å². The molecule has 0 aliphatic heterocycles. The SMILES string of the molecule is O=S(=O)([O-])c1cc(S(=O)(=O)O)c2c([O-])cccc2c1.[Na+].[Na+]. The summed E-state index contributed by atoms with van der Waals surface area (Å²) in [7, 11) is -9.76. The van der Waals surface area contributed by atoms with Crippen LogP contribution >= 0.6 is 0 Å². The predicted molar refractivity (Wildman–Crippen MR) is 61.2 cm³/mol. The number of fused-ring (bicyclic) bond motifs is 1. The summed E-state index contributed by atoms with van der Waals surface area (Å²) in [4.78, 5) is -1.73. The van der Waals surface area contributed by atoms with Crippen LogP contribution in [0.4, 0.5) is 0 Å². The fourth-order valence-electron chi connectivity index (χ4n) is 1.68. The molecule has 102 valence electrons. The van der Waals surface area contributed by atoms with Gasteiger partial charge in [0.25, 0.3) is 10.1 Å². The Labute approximate surface area is 165 Å². The molecule has 0 radical (unpaired) electrons. The Morgan fingerprint density at radius 1 is 1.00 bits per heavy atom. The summed E-state index contributed by atoms with van der Waals surface area (Å²) in [6.07, 6.45) is 0. The van der Waals surface area contributed by atoms with Crippen LogP contribution in [0.3, 0.4) is 0 Å². The maximum atomic E-state index is 11.6. The van der Waals surface area contributed by atoms with Gasteiger partial charge in [0.1, 0.15) is 15.0 Å². The Balaban J connectivity index is 0.00000200. The molecule has 0 amide bonds. The minimum absolute atomic E-state index is 0. The molecule has 0 aliphatic carbocycles. The van der Waals surface area contributed by atoms with Gasteiger partial charge < -0.3 is 9.66 Å². The number of hydrogen-bond acceptors (Lipinski definition) is 6. The third-order valence-corrected chi connectivity index (χ3v) is 4.13. The molecule has 2 rings (SSSR count). The maximum Gasteiger partial charge on any atom is 1.00 e. The molecular formula is C10H6Na2O7S2. The summed E-state index contributed by atoms with van der Waals surface area (Å²) in [6.45, 7) is 0. The van der Waals surface area contributed by atoms with Crippen LogP contribution in [-0.4, -0.2) is 25.9 Å². The first-order valence-electron chi connectivity index (χ1n) is 4.78. The second-order valence-corrected chi connectivity index (χ2v) is 6.47. The van der Waals surface area contributed by atoms with Gasteiger partial charge in [-0.05, 0) is 22.9 Å². The molecule has 7 nitrogen and oxygen atoms in total. The molecule has 0 aromatic heterocycles. The van der Waals surface area contributed by atoms with E-state index in [1.807, 2.05) is 0 Å². The zero-order valence-corrected chi connectivity index (χ0v) is 16.7. The zero-order chi connectivity index (χ0) is 14.4. The van der Waals surface area contributed by atoms with Crippen molar-refractivity contribution in [2.75, 3.05) is 0 Å². The van der Waals surface area contributed by atoms with Crippen molar-refractivity contribution < 1.29 is 90.2 Å². The van der Waals surface area contributed by atoms with Gasteiger partial charge in [-0.1, -0.05) is 23.9 Å². The van der Waals surface area contributed by atoms with Gasteiger partial charge in [-0.3, -0.25) is 4.55 Å². The van der Waals surface area contributed by atoms with Gasteiger partial charge in [-0.15, -0.1) is 0 Å². The van der Waals surface area contributed by atoms with Crippen molar-refractivity contribution in [2.45, 2.75) is 9.79 Å². The Hall–Kier alpha value is 0.320. The minimum Gasteiger partial charge on any atom is -0.872 e. The van der Waals surface area contributed by atoms with Crippen molar-refractivity contribution >= 4 is 31.0 Å². The van der Waals surface area contributed by atoms with Gasteiger partial charge in [-0.2, -0.15) is 8.42 Å². The summed E-state index contributed by atoms with van der Waals surface area (Å²) >= 11 is 0. The topological polar surface area (TPSA) is 135 Å². The quantitative estimate of drug-likeness (QED) is 0.422. The van der Waals surface area contributed by atoms with E-state index in [2.05, 4.69) is 0 Å². The fourth-order valence-corrected chi connectivity index (χ4v) is 3.04. The van der Waals surface area contributed by atoms with E-state index in [9.17, 15) is 26.5 Å². The largest absolute Gasteiger partial charge is 1.00 e. The van der Waals surface area contributed by atoms with Crippen LogP contribution in [0.25, 0.3) is 10.8 Å². The normalized spacial score (nSPS) is 11.5. The van der Waals surface area contributed by atoms with E-state index in [1.165, 1.54) is 12.1 Å². The van der Waals surface area contributed by atoms with Crippen LogP contribution in [0.2, 0.25) is 0 Å². The van der Waals surface area contributed by atoms with Crippen molar-refractivity contribution in [3.05, 3.63) is 30.3 Å². The smallest absolute Gasteiger partial charge is 0.872 e. The second-order valence-electron chi connectivity index (χ2n) is 3.70. The molecule has 2 aromatic rings. The Kier molecular flexibility index (Phi) is 7.37. The van der Waals surface area contributed by atoms with Gasteiger partial charge in [0, 0.05) is 0 Å². The van der Waals surface area contributed by atoms with Crippen LogP contribution in [0.5, 0.6) is 5.75 Å². The molecule has 21 heavy (non-hydrogen) atoms. The van der Waals surface area contributed by atoms with Gasteiger partial charge in [0.15, 0.2) is 0 Å². The van der Waals surface area contributed by atoms with Gasteiger partial charge in [-0.25, -0.2) is 8.42 Å². The van der Waals surface area contributed by atoms with Gasteiger partial charge in [0.05, 0.1) is 4.90 Å². The predicted octanol–water partition coefficient (Wildman–Crippen LogP) is -5.93. The summed E-state index contributed by atoms with van der Waals surface area (Å²) in [5, 5.41) is 11.2. The third kappa shape index (κ3) is 4.64. The van der Waals surface area contributed by atoms with E-state index in [-0.39, 0.29) is 69.9 Å². The molecule has 2 aromatic carbocycles. The van der Waals surface area contributed by atoms with Crippen molar-refractivity contribution in [3.63, 3.8) is 0 Å². The van der Waals surface area contributed by atoms with E-state index < -0.39 is 35.8 Å². The molecule has 1 N–H and O–H groups in total. The second kappa shape index (κ2) is 7.26. The Morgan fingerprint density at radius 2 is 1.57 bits per heavy atom. The van der Waals surface area contributed by atoms with E-state index in [4.69, 9.17) is 4.55 Å². The molecule has 0 saturated carbocycles. The average Bonchev–Trinajstić information content (AvgIpc) is 2.25. The summed E-state index contributed by atoms with van der Waals surface area (Å²) in [5.41, 5.74) is 0. The monoisotopic (exact) mass is 348 g/mol. The van der Waals surface area contributed by atoms with Crippen molar-refractivity contribution in [3.8, 4) is 5.75 Å². The average molecular weight is 348 g/mol. The molecule has 0 saturated heterocycles. The fraction of sp³-hybridized carbons (Fsp3) is 0. The first kappa shape index (κ1) is 21.3. The molecular weight excluding hydrogens is 342 g/mol. The number of benzene rings is 2. The first-order valence-corrected chi connectivity index (χ1v) is 7.63. The maximum absolute atomic E-state index is 11.6. The van der Waals surface area contributed by atoms with Crippen molar-refractivity contribution in [2.24, 2.45) is 0 Å². The number of hydrogen-bond donors (Lipinski definition) is 1. The standard InChI is InChI=1S/C10H8O7S2.2Na/c11-8-3-1-2-6-4-7(18(12,13)14)5-9(10(6)8)19(15,16)17;;/h1-5,11H,(H,12,13,14)(H,15,16,17);;/q;2*+1/p-2. The van der Waals surface area contributed by atoms with Crippen LogP contribution < -0.4 is 64.2 Å². The molecule has 0 spiro atoms. The van der Waals surface area contributed by atoms with Crippen LogP contribution in [0, 0.1) is 0 Å². The van der Waals surface area contributed by atoms with E-state index in [0.29, 0.717) is 6.07 Å². The zero-order valence-electron chi connectivity index (χ0n) is 11.1. The van der Waals surface area contributed by atoms with Crippen molar-refractivity contribution in [1.29, 1.82) is 0 Å².